The quantitative estimate of drug-likeness (QED) is 0.468. The average molecular weight is 466 g/mol. The van der Waals surface area contributed by atoms with Crippen molar-refractivity contribution in [3.63, 3.8) is 0 Å². The highest BCUT2D eigenvalue weighted by atomic mass is 32.2. The third-order valence-electron chi connectivity index (χ3n) is 4.95. The van der Waals surface area contributed by atoms with Gasteiger partial charge in [-0.2, -0.15) is 0 Å². The topological polar surface area (TPSA) is 118 Å². The van der Waals surface area contributed by atoms with Gasteiger partial charge in [0.05, 0.1) is 10.9 Å². The number of carbonyl (C=O) groups excluding carboxylic acids is 2. The van der Waals surface area contributed by atoms with Crippen LogP contribution >= 0.6 is 0 Å². The van der Waals surface area contributed by atoms with E-state index in [1.807, 2.05) is 61.0 Å². The molecular formula is C25H27N3O4S. The Labute approximate surface area is 194 Å². The number of carbonyl (C=O) groups is 2. The van der Waals surface area contributed by atoms with Crippen molar-refractivity contribution in [1.82, 2.24) is 4.72 Å². The van der Waals surface area contributed by atoms with Crippen LogP contribution in [0.25, 0.3) is 11.1 Å². The molecule has 172 valence electrons. The van der Waals surface area contributed by atoms with Gasteiger partial charge >= 0.3 is 0 Å². The van der Waals surface area contributed by atoms with Gasteiger partial charge in [0, 0.05) is 11.3 Å². The van der Waals surface area contributed by atoms with Gasteiger partial charge in [0.1, 0.15) is 0 Å². The molecule has 3 aromatic rings. The summed E-state index contributed by atoms with van der Waals surface area (Å²) in [6, 6.07) is 21.6. The smallest absolute Gasteiger partial charge is 0.264 e. The maximum absolute atomic E-state index is 12.6. The maximum Gasteiger partial charge on any atom is 0.264 e. The number of hydrogen-bond acceptors (Lipinski definition) is 5. The van der Waals surface area contributed by atoms with E-state index in [9.17, 15) is 18.0 Å². The fraction of sp³-hybridized carbons (Fsp3) is 0.200. The summed E-state index contributed by atoms with van der Waals surface area (Å²) >= 11 is 0. The number of nitrogens with two attached hydrogens (primary N) is 1. The first-order valence-electron chi connectivity index (χ1n) is 10.5. The molecule has 2 amide bonds. The second-order valence-electron chi connectivity index (χ2n) is 8.13. The van der Waals surface area contributed by atoms with Crippen LogP contribution in [0, 0.1) is 5.92 Å². The Morgan fingerprint density at radius 1 is 0.879 bits per heavy atom. The van der Waals surface area contributed by atoms with E-state index in [2.05, 4.69) is 5.32 Å². The second kappa shape index (κ2) is 10.4. The molecule has 0 heterocycles. The summed E-state index contributed by atoms with van der Waals surface area (Å²) in [5.74, 6) is -1.00. The molecule has 3 aromatic carbocycles. The zero-order valence-corrected chi connectivity index (χ0v) is 19.3. The minimum atomic E-state index is -4.13. The summed E-state index contributed by atoms with van der Waals surface area (Å²) in [5, 5.41) is 2.69. The van der Waals surface area contributed by atoms with Crippen LogP contribution in [-0.2, 0) is 14.8 Å². The average Bonchev–Trinajstić information content (AvgIpc) is 2.79. The number of benzene rings is 3. The summed E-state index contributed by atoms with van der Waals surface area (Å²) < 4.78 is 27.2. The van der Waals surface area contributed by atoms with E-state index < -0.39 is 22.0 Å². The van der Waals surface area contributed by atoms with E-state index in [1.165, 1.54) is 18.2 Å². The monoisotopic (exact) mass is 465 g/mol. The normalized spacial score (nSPS) is 12.2. The molecule has 0 saturated heterocycles. The summed E-state index contributed by atoms with van der Waals surface area (Å²) in [7, 11) is -4.13. The second-order valence-corrected chi connectivity index (χ2v) is 9.81. The molecule has 7 nitrogen and oxygen atoms in total. The van der Waals surface area contributed by atoms with Crippen molar-refractivity contribution < 1.29 is 18.0 Å². The van der Waals surface area contributed by atoms with Gasteiger partial charge in [-0.05, 0) is 53.8 Å². The van der Waals surface area contributed by atoms with Gasteiger partial charge in [0.15, 0.2) is 0 Å². The molecule has 0 aliphatic carbocycles. The zero-order valence-electron chi connectivity index (χ0n) is 18.5. The molecule has 0 radical (unpaired) electrons. The molecule has 0 saturated carbocycles. The predicted molar refractivity (Wildman–Crippen MR) is 129 cm³/mol. The predicted octanol–water partition coefficient (Wildman–Crippen LogP) is 3.78. The van der Waals surface area contributed by atoms with Crippen molar-refractivity contribution in [3.05, 3.63) is 84.4 Å². The number of amides is 2. The molecule has 0 aliphatic heterocycles. The highest BCUT2D eigenvalue weighted by molar-refractivity contribution is 7.90. The van der Waals surface area contributed by atoms with Gasteiger partial charge < -0.3 is 11.1 Å². The Hall–Kier alpha value is -3.49. The van der Waals surface area contributed by atoms with Crippen LogP contribution < -0.4 is 15.8 Å². The molecule has 0 spiro atoms. The minimum absolute atomic E-state index is 0.147. The molecule has 0 fully saturated rings. The van der Waals surface area contributed by atoms with Crippen LogP contribution in [0.2, 0.25) is 0 Å². The van der Waals surface area contributed by atoms with Gasteiger partial charge in [0.25, 0.3) is 21.8 Å². The zero-order chi connectivity index (χ0) is 24.0. The van der Waals surface area contributed by atoms with Gasteiger partial charge in [-0.25, -0.2) is 13.1 Å². The highest BCUT2D eigenvalue weighted by Crippen LogP contribution is 2.21. The van der Waals surface area contributed by atoms with Crippen LogP contribution in [0.4, 0.5) is 5.69 Å². The Bertz CT molecular complexity index is 1220. The van der Waals surface area contributed by atoms with E-state index in [-0.39, 0.29) is 22.4 Å². The number of nitrogens with one attached hydrogen (secondary N) is 2. The van der Waals surface area contributed by atoms with Gasteiger partial charge in [-0.15, -0.1) is 0 Å². The van der Waals surface area contributed by atoms with E-state index in [0.717, 1.165) is 11.1 Å². The molecular weight excluding hydrogens is 438 g/mol. The van der Waals surface area contributed by atoms with E-state index in [4.69, 9.17) is 5.73 Å². The Morgan fingerprint density at radius 2 is 1.52 bits per heavy atom. The van der Waals surface area contributed by atoms with Crippen molar-refractivity contribution in [2.24, 2.45) is 11.7 Å². The first-order chi connectivity index (χ1) is 15.7. The SMILES string of the molecule is CC(C)C[C@H](N)C(=O)NS(=O)(=O)c1cccc(NC(=O)c2ccc(-c3ccccc3)cc2)c1. The van der Waals surface area contributed by atoms with Crippen LogP contribution in [0.3, 0.4) is 0 Å². The minimum Gasteiger partial charge on any atom is -0.322 e. The Balaban J connectivity index is 1.70. The van der Waals surface area contributed by atoms with Crippen molar-refractivity contribution in [1.29, 1.82) is 0 Å². The molecule has 1 atom stereocenters. The summed E-state index contributed by atoms with van der Waals surface area (Å²) in [4.78, 5) is 24.7. The summed E-state index contributed by atoms with van der Waals surface area (Å²) in [5.41, 5.74) is 8.51. The van der Waals surface area contributed by atoms with Gasteiger partial charge in [0.2, 0.25) is 0 Å². The van der Waals surface area contributed by atoms with Crippen molar-refractivity contribution in [3.8, 4) is 11.1 Å². The fourth-order valence-corrected chi connectivity index (χ4v) is 4.34. The third kappa shape index (κ3) is 6.50. The molecule has 0 aliphatic rings. The van der Waals surface area contributed by atoms with Crippen LogP contribution in [-0.4, -0.2) is 26.3 Å². The first-order valence-corrected chi connectivity index (χ1v) is 12.0. The van der Waals surface area contributed by atoms with Crippen molar-refractivity contribution in [2.75, 3.05) is 5.32 Å². The third-order valence-corrected chi connectivity index (χ3v) is 6.30. The standard InChI is InChI=1S/C25H27N3O4S/c1-17(2)15-23(26)25(30)28-33(31,32)22-10-6-9-21(16-22)27-24(29)20-13-11-19(12-14-20)18-7-4-3-5-8-18/h3-14,16-17,23H,15,26H2,1-2H3,(H,27,29)(H,28,30)/t23-/m0/s1. The molecule has 0 unspecified atom stereocenters. The van der Waals surface area contributed by atoms with Gasteiger partial charge in [-0.3, -0.25) is 9.59 Å². The lowest BCUT2D eigenvalue weighted by Gasteiger charge is -2.15. The summed E-state index contributed by atoms with van der Waals surface area (Å²) in [6.45, 7) is 3.78. The van der Waals surface area contributed by atoms with Gasteiger partial charge in [-0.1, -0.05) is 62.4 Å². The number of hydrogen-bond donors (Lipinski definition) is 3. The fourth-order valence-electron chi connectivity index (χ4n) is 3.27. The molecule has 0 aromatic heterocycles. The lowest BCUT2D eigenvalue weighted by atomic mass is 10.0. The molecule has 33 heavy (non-hydrogen) atoms. The number of sulfonamides is 1. The van der Waals surface area contributed by atoms with E-state index in [0.29, 0.717) is 12.0 Å². The highest BCUT2D eigenvalue weighted by Gasteiger charge is 2.23. The van der Waals surface area contributed by atoms with Crippen molar-refractivity contribution in [2.45, 2.75) is 31.2 Å². The molecule has 3 rings (SSSR count). The first kappa shape index (κ1) is 24.2. The van der Waals surface area contributed by atoms with Crippen molar-refractivity contribution >= 4 is 27.5 Å². The largest absolute Gasteiger partial charge is 0.322 e. The Morgan fingerprint density at radius 3 is 2.15 bits per heavy atom. The van der Waals surface area contributed by atoms with E-state index in [1.54, 1.807) is 18.2 Å². The lowest BCUT2D eigenvalue weighted by molar-refractivity contribution is -0.120. The molecule has 0 bridgehead atoms. The Kier molecular flexibility index (Phi) is 7.63. The van der Waals surface area contributed by atoms with Crippen LogP contribution in [0.15, 0.2) is 83.8 Å². The lowest BCUT2D eigenvalue weighted by Crippen LogP contribution is -2.43. The van der Waals surface area contributed by atoms with Crippen LogP contribution in [0.5, 0.6) is 0 Å². The molecule has 8 heteroatoms. The maximum atomic E-state index is 12.6. The van der Waals surface area contributed by atoms with Crippen LogP contribution in [0.1, 0.15) is 30.6 Å². The molecule has 4 N–H and O–H groups in total. The summed E-state index contributed by atoms with van der Waals surface area (Å²) in [6.07, 6.45) is 0.362. The van der Waals surface area contributed by atoms with E-state index >= 15 is 0 Å². The number of rotatable bonds is 8. The number of anilines is 1.